The van der Waals surface area contributed by atoms with Crippen LogP contribution in [0.3, 0.4) is 0 Å². The number of halogens is 1. The third kappa shape index (κ3) is 3.51. The molecule has 1 aliphatic rings. The van der Waals surface area contributed by atoms with Crippen LogP contribution < -0.4 is 5.32 Å². The number of carbonyl (C=O) groups excluding carboxylic acids is 2. The molecule has 0 spiro atoms. The summed E-state index contributed by atoms with van der Waals surface area (Å²) in [6.07, 6.45) is 0.540. The molecule has 0 radical (unpaired) electrons. The normalized spacial score (nSPS) is 20.4. The van der Waals surface area contributed by atoms with Crippen LogP contribution in [0.4, 0.5) is 10.2 Å². The lowest BCUT2D eigenvalue weighted by atomic mass is 9.97. The highest BCUT2D eigenvalue weighted by atomic mass is 19.1. The Morgan fingerprint density at radius 1 is 1.36 bits per heavy atom. The summed E-state index contributed by atoms with van der Waals surface area (Å²) in [6, 6.07) is 8.71. The molecule has 0 saturated carbocycles. The van der Waals surface area contributed by atoms with E-state index in [1.54, 1.807) is 36.5 Å². The van der Waals surface area contributed by atoms with Crippen molar-refractivity contribution in [3.05, 3.63) is 59.5 Å². The van der Waals surface area contributed by atoms with Crippen LogP contribution in [0.15, 0.2) is 42.6 Å². The smallest absolute Gasteiger partial charge is 0.257 e. The number of ether oxygens (including phenoxy) is 1. The van der Waals surface area contributed by atoms with E-state index in [2.05, 4.69) is 10.3 Å². The first-order valence-corrected chi connectivity index (χ1v) is 7.82. The average Bonchev–Trinajstić information content (AvgIpc) is 2.58. The average molecular weight is 343 g/mol. The highest BCUT2D eigenvalue weighted by molar-refractivity contribution is 5.95. The quantitative estimate of drug-likeness (QED) is 0.926. The van der Waals surface area contributed by atoms with Gasteiger partial charge in [-0.1, -0.05) is 18.2 Å². The second kappa shape index (κ2) is 6.98. The molecule has 1 fully saturated rings. The Morgan fingerprint density at radius 2 is 2.12 bits per heavy atom. The Kier molecular flexibility index (Phi) is 4.76. The topological polar surface area (TPSA) is 71.5 Å². The number of aryl methyl sites for hydroxylation is 1. The van der Waals surface area contributed by atoms with Crippen LogP contribution in [0.25, 0.3) is 0 Å². The summed E-state index contributed by atoms with van der Waals surface area (Å²) in [7, 11) is 1.53. The van der Waals surface area contributed by atoms with Crippen molar-refractivity contribution in [1.29, 1.82) is 0 Å². The minimum absolute atomic E-state index is 0.232. The van der Waals surface area contributed by atoms with Gasteiger partial charge in [-0.2, -0.15) is 0 Å². The molecule has 0 unspecified atom stereocenters. The predicted octanol–water partition coefficient (Wildman–Crippen LogP) is 2.07. The monoisotopic (exact) mass is 343 g/mol. The number of nitrogens with zero attached hydrogens (tertiary/aromatic N) is 2. The molecule has 1 N–H and O–H groups in total. The van der Waals surface area contributed by atoms with E-state index < -0.39 is 23.9 Å². The van der Waals surface area contributed by atoms with Gasteiger partial charge in [0, 0.05) is 18.8 Å². The maximum absolute atomic E-state index is 14.3. The van der Waals surface area contributed by atoms with Crippen LogP contribution in [0.2, 0.25) is 0 Å². The molecule has 0 aliphatic carbocycles. The van der Waals surface area contributed by atoms with E-state index in [4.69, 9.17) is 4.74 Å². The molecule has 7 heteroatoms. The second-order valence-electron chi connectivity index (χ2n) is 5.91. The van der Waals surface area contributed by atoms with Gasteiger partial charge in [0.05, 0.1) is 6.04 Å². The summed E-state index contributed by atoms with van der Waals surface area (Å²) < 4.78 is 19.7. The number of anilines is 1. The first kappa shape index (κ1) is 17.0. The number of amides is 2. The first-order chi connectivity index (χ1) is 12.0. The molecule has 25 heavy (non-hydrogen) atoms. The van der Waals surface area contributed by atoms with Crippen molar-refractivity contribution in [2.45, 2.75) is 19.1 Å². The van der Waals surface area contributed by atoms with Crippen molar-refractivity contribution in [3.8, 4) is 0 Å². The van der Waals surface area contributed by atoms with Crippen LogP contribution in [0.5, 0.6) is 0 Å². The fourth-order valence-electron chi connectivity index (χ4n) is 2.82. The Balaban J connectivity index is 1.90. The van der Waals surface area contributed by atoms with E-state index in [-0.39, 0.29) is 18.1 Å². The summed E-state index contributed by atoms with van der Waals surface area (Å²) >= 11 is 0. The summed E-state index contributed by atoms with van der Waals surface area (Å²) in [6.45, 7) is 1.64. The summed E-state index contributed by atoms with van der Waals surface area (Å²) in [5, 5.41) is 2.67. The SMILES string of the molecule is Cc1ccnc(NC(=O)[C@H]2OCC(=O)N(C)[C@@H]2c2ccccc2F)c1. The Morgan fingerprint density at radius 3 is 2.84 bits per heavy atom. The highest BCUT2D eigenvalue weighted by Crippen LogP contribution is 2.31. The third-order valence-electron chi connectivity index (χ3n) is 4.13. The van der Waals surface area contributed by atoms with Crippen LogP contribution in [-0.4, -0.2) is 41.5 Å². The molecule has 1 saturated heterocycles. The summed E-state index contributed by atoms with van der Waals surface area (Å²) in [5.74, 6) is -0.916. The molecular formula is C18H18FN3O3. The fraction of sp³-hybridized carbons (Fsp3) is 0.278. The Hall–Kier alpha value is -2.80. The van der Waals surface area contributed by atoms with E-state index in [1.807, 2.05) is 6.92 Å². The zero-order valence-electron chi connectivity index (χ0n) is 13.9. The molecule has 2 amide bonds. The van der Waals surface area contributed by atoms with E-state index in [1.165, 1.54) is 18.0 Å². The molecule has 2 aromatic rings. The molecule has 2 heterocycles. The molecule has 1 aromatic carbocycles. The van der Waals surface area contributed by atoms with E-state index in [9.17, 15) is 14.0 Å². The lowest BCUT2D eigenvalue weighted by molar-refractivity contribution is -0.160. The number of hydrogen-bond donors (Lipinski definition) is 1. The first-order valence-electron chi connectivity index (χ1n) is 7.82. The van der Waals surface area contributed by atoms with E-state index >= 15 is 0 Å². The second-order valence-corrected chi connectivity index (χ2v) is 5.91. The molecule has 1 aliphatic heterocycles. The van der Waals surface area contributed by atoms with Crippen molar-refractivity contribution >= 4 is 17.6 Å². The van der Waals surface area contributed by atoms with Crippen LogP contribution in [0.1, 0.15) is 17.2 Å². The predicted molar refractivity (Wildman–Crippen MR) is 89.3 cm³/mol. The molecule has 3 rings (SSSR count). The number of nitrogens with one attached hydrogen (secondary N) is 1. The van der Waals surface area contributed by atoms with Gasteiger partial charge < -0.3 is 15.0 Å². The lowest BCUT2D eigenvalue weighted by Gasteiger charge is -2.38. The largest absolute Gasteiger partial charge is 0.356 e. The van der Waals surface area contributed by atoms with Crippen LogP contribution >= 0.6 is 0 Å². The van der Waals surface area contributed by atoms with Crippen molar-refractivity contribution in [2.24, 2.45) is 0 Å². The van der Waals surface area contributed by atoms with Crippen molar-refractivity contribution in [3.63, 3.8) is 0 Å². The fourth-order valence-corrected chi connectivity index (χ4v) is 2.82. The molecule has 6 nitrogen and oxygen atoms in total. The minimum Gasteiger partial charge on any atom is -0.356 e. The number of aromatic nitrogens is 1. The molecule has 1 aromatic heterocycles. The molecule has 130 valence electrons. The Bertz CT molecular complexity index is 812. The number of benzene rings is 1. The molecule has 0 bridgehead atoms. The zero-order valence-corrected chi connectivity index (χ0v) is 13.9. The van der Waals surface area contributed by atoms with Gasteiger partial charge in [-0.3, -0.25) is 9.59 Å². The van der Waals surface area contributed by atoms with Crippen molar-refractivity contribution in [1.82, 2.24) is 9.88 Å². The van der Waals surface area contributed by atoms with Gasteiger partial charge in [0.1, 0.15) is 18.2 Å². The number of hydrogen-bond acceptors (Lipinski definition) is 4. The molecule has 2 atom stereocenters. The van der Waals surface area contributed by atoms with Gasteiger partial charge in [-0.05, 0) is 30.7 Å². The van der Waals surface area contributed by atoms with Gasteiger partial charge in [0.2, 0.25) is 5.91 Å². The van der Waals surface area contributed by atoms with Gasteiger partial charge in [0.15, 0.2) is 6.10 Å². The van der Waals surface area contributed by atoms with E-state index in [0.29, 0.717) is 5.82 Å². The summed E-state index contributed by atoms with van der Waals surface area (Å²) in [4.78, 5) is 30.1. The van der Waals surface area contributed by atoms with Gasteiger partial charge >= 0.3 is 0 Å². The number of carbonyl (C=O) groups is 2. The minimum atomic E-state index is -1.04. The Labute approximate surface area is 144 Å². The van der Waals surface area contributed by atoms with Gasteiger partial charge in [0.25, 0.3) is 5.91 Å². The third-order valence-corrected chi connectivity index (χ3v) is 4.13. The number of morpholine rings is 1. The number of likely N-dealkylation sites (N-methyl/N-ethyl adjacent to an activating group) is 1. The van der Waals surface area contributed by atoms with Crippen molar-refractivity contribution in [2.75, 3.05) is 19.0 Å². The lowest BCUT2D eigenvalue weighted by Crippen LogP contribution is -2.51. The summed E-state index contributed by atoms with van der Waals surface area (Å²) in [5.41, 5.74) is 1.17. The number of rotatable bonds is 3. The van der Waals surface area contributed by atoms with Crippen LogP contribution in [-0.2, 0) is 14.3 Å². The van der Waals surface area contributed by atoms with Crippen LogP contribution in [0, 0.1) is 12.7 Å². The maximum atomic E-state index is 14.3. The zero-order chi connectivity index (χ0) is 18.0. The number of pyridine rings is 1. The van der Waals surface area contributed by atoms with E-state index in [0.717, 1.165) is 5.56 Å². The maximum Gasteiger partial charge on any atom is 0.257 e. The molecular weight excluding hydrogens is 325 g/mol. The van der Waals surface area contributed by atoms with Gasteiger partial charge in [-0.15, -0.1) is 0 Å². The van der Waals surface area contributed by atoms with Gasteiger partial charge in [-0.25, -0.2) is 9.37 Å². The van der Waals surface area contributed by atoms with Crippen molar-refractivity contribution < 1.29 is 18.7 Å². The standard InChI is InChI=1S/C18H18FN3O3/c1-11-7-8-20-14(9-11)21-18(24)17-16(22(2)15(23)10-25-17)12-5-3-4-6-13(12)19/h3-9,16-17H,10H2,1-2H3,(H,20,21,24)/t16-,17+/m1/s1. The highest BCUT2D eigenvalue weighted by Gasteiger charge is 2.41.